The van der Waals surface area contributed by atoms with Crippen LogP contribution in [0.2, 0.25) is 0 Å². The van der Waals surface area contributed by atoms with Crippen molar-refractivity contribution in [1.82, 2.24) is 0 Å². The topological polar surface area (TPSA) is 30.7 Å². The summed E-state index contributed by atoms with van der Waals surface area (Å²) in [4.78, 5) is 14.3. The molecule has 3 rings (SSSR count). The molecule has 0 saturated carbocycles. The molecule has 0 amide bonds. The first-order valence-corrected chi connectivity index (χ1v) is 8.69. The Bertz CT molecular complexity index is 685. The van der Waals surface area contributed by atoms with Crippen molar-refractivity contribution in [3.8, 4) is 0 Å². The number of carbonyl (C=O) groups is 1. The van der Waals surface area contributed by atoms with E-state index >= 15 is 0 Å². The fourth-order valence-electron chi connectivity index (χ4n) is 3.80. The number of piperidine rings is 1. The summed E-state index contributed by atoms with van der Waals surface area (Å²) in [5.41, 5.74) is 1.15. The van der Waals surface area contributed by atoms with E-state index in [1.165, 1.54) is 4.90 Å². The zero-order valence-corrected chi connectivity index (χ0v) is 14.7. The standard InChI is InChI=1S/C21H25NO2/c1-16-15-22(3)17(2)14-21(16,19-12-8-5-9-13-19)24-20(23)18-10-6-4-7-11-18/h4-13,16-17H,14-15H2,1-3H3/p+1/t16-,17+,21-/m1/s1. The van der Waals surface area contributed by atoms with E-state index < -0.39 is 5.60 Å². The molecule has 1 saturated heterocycles. The third-order valence-electron chi connectivity index (χ3n) is 5.42. The van der Waals surface area contributed by atoms with E-state index in [9.17, 15) is 4.79 Å². The molecule has 0 bridgehead atoms. The molecule has 2 aromatic rings. The molecule has 0 aliphatic carbocycles. The largest absolute Gasteiger partial charge is 0.450 e. The van der Waals surface area contributed by atoms with Crippen molar-refractivity contribution in [2.24, 2.45) is 5.92 Å². The van der Waals surface area contributed by atoms with Crippen molar-refractivity contribution in [3.05, 3.63) is 71.8 Å². The van der Waals surface area contributed by atoms with Gasteiger partial charge >= 0.3 is 5.97 Å². The minimum atomic E-state index is -0.562. The molecular formula is C21H26NO2+. The molecule has 1 heterocycles. The molecule has 3 heteroatoms. The number of quaternary nitrogens is 1. The number of hydrogen-bond donors (Lipinski definition) is 1. The number of benzene rings is 2. The Hall–Kier alpha value is -2.13. The van der Waals surface area contributed by atoms with Crippen LogP contribution in [-0.2, 0) is 10.3 Å². The molecule has 1 unspecified atom stereocenters. The normalized spacial score (nSPS) is 29.9. The second-order valence-electron chi connectivity index (χ2n) is 7.07. The summed E-state index contributed by atoms with van der Waals surface area (Å²) in [5.74, 6) is 0.0156. The Morgan fingerprint density at radius 3 is 2.25 bits per heavy atom. The molecule has 4 atom stereocenters. The smallest absolute Gasteiger partial charge is 0.339 e. The van der Waals surface area contributed by atoms with Crippen LogP contribution in [0.4, 0.5) is 0 Å². The van der Waals surface area contributed by atoms with Crippen LogP contribution in [-0.4, -0.2) is 25.6 Å². The predicted molar refractivity (Wildman–Crippen MR) is 95.0 cm³/mol. The number of esters is 1. The highest BCUT2D eigenvalue weighted by atomic mass is 16.6. The van der Waals surface area contributed by atoms with Gasteiger partial charge in [0, 0.05) is 12.3 Å². The molecule has 0 radical (unpaired) electrons. The molecule has 1 fully saturated rings. The van der Waals surface area contributed by atoms with E-state index in [1.54, 1.807) is 0 Å². The molecule has 1 N–H and O–H groups in total. The fraction of sp³-hybridized carbons (Fsp3) is 0.381. The maximum atomic E-state index is 12.8. The summed E-state index contributed by atoms with van der Waals surface area (Å²) in [5, 5.41) is 0. The lowest BCUT2D eigenvalue weighted by atomic mass is 9.74. The second-order valence-corrected chi connectivity index (χ2v) is 7.07. The van der Waals surface area contributed by atoms with Crippen LogP contribution in [0.25, 0.3) is 0 Å². The van der Waals surface area contributed by atoms with Gasteiger partial charge in [-0.1, -0.05) is 55.5 Å². The number of ether oxygens (including phenoxy) is 1. The first kappa shape index (κ1) is 16.7. The minimum absolute atomic E-state index is 0.238. The number of rotatable bonds is 3. The first-order chi connectivity index (χ1) is 11.5. The third-order valence-corrected chi connectivity index (χ3v) is 5.42. The van der Waals surface area contributed by atoms with Gasteiger partial charge in [0.05, 0.1) is 25.2 Å². The Balaban J connectivity index is 1.98. The van der Waals surface area contributed by atoms with Gasteiger partial charge in [-0.15, -0.1) is 0 Å². The van der Waals surface area contributed by atoms with E-state index in [-0.39, 0.29) is 11.9 Å². The summed E-state index contributed by atoms with van der Waals surface area (Å²) in [6.07, 6.45) is 0.836. The summed E-state index contributed by atoms with van der Waals surface area (Å²) in [6.45, 7) is 5.41. The van der Waals surface area contributed by atoms with Gasteiger partial charge in [-0.2, -0.15) is 0 Å². The lowest BCUT2D eigenvalue weighted by Crippen LogP contribution is -3.15. The third kappa shape index (κ3) is 3.09. The summed E-state index contributed by atoms with van der Waals surface area (Å²) >= 11 is 0. The molecule has 126 valence electrons. The molecule has 0 aromatic heterocycles. The number of nitrogens with one attached hydrogen (secondary N) is 1. The van der Waals surface area contributed by atoms with E-state index in [1.807, 2.05) is 48.5 Å². The average molecular weight is 324 g/mol. The van der Waals surface area contributed by atoms with Gasteiger partial charge in [-0.3, -0.25) is 0 Å². The van der Waals surface area contributed by atoms with Gasteiger partial charge in [-0.05, 0) is 24.6 Å². The maximum Gasteiger partial charge on any atom is 0.339 e. The van der Waals surface area contributed by atoms with E-state index in [2.05, 4.69) is 33.0 Å². The number of carbonyl (C=O) groups excluding carboxylic acids is 1. The summed E-state index contributed by atoms with van der Waals surface area (Å²) < 4.78 is 6.23. The van der Waals surface area contributed by atoms with E-state index in [0.29, 0.717) is 11.6 Å². The van der Waals surface area contributed by atoms with Crippen LogP contribution >= 0.6 is 0 Å². The second kappa shape index (κ2) is 6.78. The Kier molecular flexibility index (Phi) is 4.72. The molecule has 3 nitrogen and oxygen atoms in total. The highest BCUT2D eigenvalue weighted by molar-refractivity contribution is 5.89. The van der Waals surface area contributed by atoms with Crippen LogP contribution in [0.3, 0.4) is 0 Å². The number of hydrogen-bond acceptors (Lipinski definition) is 2. The average Bonchev–Trinajstić information content (AvgIpc) is 2.61. The van der Waals surface area contributed by atoms with Crippen molar-refractivity contribution in [3.63, 3.8) is 0 Å². The zero-order chi connectivity index (χ0) is 17.2. The highest BCUT2D eigenvalue weighted by Crippen LogP contribution is 2.40. The van der Waals surface area contributed by atoms with E-state index in [0.717, 1.165) is 18.5 Å². The molecule has 2 aromatic carbocycles. The molecule has 1 aliphatic heterocycles. The maximum absolute atomic E-state index is 12.8. The predicted octanol–water partition coefficient (Wildman–Crippen LogP) is 2.68. The first-order valence-electron chi connectivity index (χ1n) is 8.69. The lowest BCUT2D eigenvalue weighted by Gasteiger charge is -2.46. The van der Waals surface area contributed by atoms with Crippen LogP contribution in [0.5, 0.6) is 0 Å². The van der Waals surface area contributed by atoms with Crippen LogP contribution in [0, 0.1) is 5.92 Å². The van der Waals surface area contributed by atoms with Gasteiger partial charge in [0.15, 0.2) is 5.60 Å². The molecule has 1 aliphatic rings. The lowest BCUT2D eigenvalue weighted by molar-refractivity contribution is -0.916. The van der Waals surface area contributed by atoms with Crippen molar-refractivity contribution in [2.45, 2.75) is 31.9 Å². The number of likely N-dealkylation sites (tertiary alicyclic amines) is 1. The van der Waals surface area contributed by atoms with Crippen molar-refractivity contribution < 1.29 is 14.4 Å². The van der Waals surface area contributed by atoms with Crippen LogP contribution < -0.4 is 4.90 Å². The summed E-state index contributed by atoms with van der Waals surface area (Å²) in [7, 11) is 2.22. The van der Waals surface area contributed by atoms with Gasteiger partial charge in [0.25, 0.3) is 0 Å². The van der Waals surface area contributed by atoms with Crippen LogP contribution in [0.15, 0.2) is 60.7 Å². The monoisotopic (exact) mass is 324 g/mol. The van der Waals surface area contributed by atoms with Gasteiger partial charge in [0.1, 0.15) is 0 Å². The Morgan fingerprint density at radius 1 is 1.04 bits per heavy atom. The van der Waals surface area contributed by atoms with Crippen molar-refractivity contribution >= 4 is 5.97 Å². The molecule has 0 spiro atoms. The molecular weight excluding hydrogens is 298 g/mol. The Labute approximate surface area is 144 Å². The minimum Gasteiger partial charge on any atom is -0.450 e. The summed E-state index contributed by atoms with van der Waals surface area (Å²) in [6, 6.07) is 19.9. The Morgan fingerprint density at radius 2 is 1.62 bits per heavy atom. The highest BCUT2D eigenvalue weighted by Gasteiger charge is 2.49. The fourth-order valence-corrected chi connectivity index (χ4v) is 3.80. The van der Waals surface area contributed by atoms with Crippen LogP contribution in [0.1, 0.15) is 36.2 Å². The SMILES string of the molecule is C[C@@H]1C[NH+](C)[C@@H](C)C[C@]1(OC(=O)c1ccccc1)c1ccccc1. The van der Waals surface area contributed by atoms with Gasteiger partial charge in [0.2, 0.25) is 0 Å². The van der Waals surface area contributed by atoms with Crippen molar-refractivity contribution in [2.75, 3.05) is 13.6 Å². The van der Waals surface area contributed by atoms with Crippen molar-refractivity contribution in [1.29, 1.82) is 0 Å². The quantitative estimate of drug-likeness (QED) is 0.880. The molecule has 24 heavy (non-hydrogen) atoms. The van der Waals surface area contributed by atoms with Gasteiger partial charge < -0.3 is 9.64 Å². The van der Waals surface area contributed by atoms with E-state index in [4.69, 9.17) is 4.74 Å². The van der Waals surface area contributed by atoms with Gasteiger partial charge in [-0.25, -0.2) is 4.79 Å². The zero-order valence-electron chi connectivity index (χ0n) is 14.7.